The van der Waals surface area contributed by atoms with E-state index in [-0.39, 0.29) is 69.5 Å². The van der Waals surface area contributed by atoms with Gasteiger partial charge >= 0.3 is 0 Å². The fourth-order valence-corrected chi connectivity index (χ4v) is 5.11. The van der Waals surface area contributed by atoms with Crippen molar-refractivity contribution < 1.29 is 55.9 Å². The molecule has 0 saturated heterocycles. The summed E-state index contributed by atoms with van der Waals surface area (Å²) in [4.78, 5) is 16.1. The number of hydrogen-bond donors (Lipinski definition) is 12. The molecule has 11 atom stereocenters. The number of nitrogens with two attached hydrogens (primary N) is 2. The molecule has 0 spiro atoms. The number of ketones is 1. The number of aliphatic hydroxyl groups is 10. The third-order valence-corrected chi connectivity index (χ3v) is 8.05. The van der Waals surface area contributed by atoms with Gasteiger partial charge in [0.25, 0.3) is 0 Å². The lowest BCUT2D eigenvalue weighted by atomic mass is 9.92. The quantitative estimate of drug-likeness (QED) is 0.0211. The maximum absolute atomic E-state index is 12.3. The average Bonchev–Trinajstić information content (AvgIpc) is 3.00. The van der Waals surface area contributed by atoms with E-state index >= 15 is 0 Å². The zero-order valence-electron chi connectivity index (χ0n) is 29.6. The van der Waals surface area contributed by atoms with E-state index in [0.717, 1.165) is 0 Å². The van der Waals surface area contributed by atoms with Crippen molar-refractivity contribution in [3.8, 4) is 0 Å². The van der Waals surface area contributed by atoms with E-state index in [2.05, 4.69) is 4.99 Å². The highest BCUT2D eigenvalue weighted by atomic mass is 16.3. The van der Waals surface area contributed by atoms with Crippen molar-refractivity contribution in [3.63, 3.8) is 0 Å². The minimum absolute atomic E-state index is 0.0145. The van der Waals surface area contributed by atoms with Gasteiger partial charge in [0.1, 0.15) is 5.78 Å². The van der Waals surface area contributed by atoms with Crippen molar-refractivity contribution >= 4 is 11.7 Å². The van der Waals surface area contributed by atoms with E-state index in [4.69, 9.17) is 11.5 Å². The number of hydrogen-bond acceptors (Lipinski definition) is 12. The minimum atomic E-state index is -1.10. The monoisotopic (exact) mass is 715 g/mol. The van der Waals surface area contributed by atoms with E-state index in [1.807, 2.05) is 6.92 Å². The molecule has 11 unspecified atom stereocenters. The second kappa shape index (κ2) is 28.1. The molecule has 0 radical (unpaired) electrons. The van der Waals surface area contributed by atoms with Crippen molar-refractivity contribution in [2.45, 2.75) is 152 Å². The van der Waals surface area contributed by atoms with Crippen LogP contribution in [0, 0.1) is 5.92 Å². The Morgan fingerprint density at radius 1 is 0.600 bits per heavy atom. The van der Waals surface area contributed by atoms with Crippen LogP contribution in [0.1, 0.15) is 90.9 Å². The van der Waals surface area contributed by atoms with Crippen LogP contribution in [0.25, 0.3) is 0 Å². The van der Waals surface area contributed by atoms with Gasteiger partial charge in [0, 0.05) is 38.1 Å². The molecule has 0 bridgehead atoms. The first-order valence-corrected chi connectivity index (χ1v) is 17.5. The fourth-order valence-electron chi connectivity index (χ4n) is 5.11. The molecule has 50 heavy (non-hydrogen) atoms. The Balaban J connectivity index is 4.32. The molecule has 0 saturated carbocycles. The zero-order chi connectivity index (χ0) is 38.1. The number of allylic oxidation sites excluding steroid dienone is 1. The van der Waals surface area contributed by atoms with Gasteiger partial charge in [-0.05, 0) is 58.3 Å². The number of nitrogens with zero attached hydrogens (tertiary/aromatic N) is 1. The molecule has 0 fully saturated rings. The topological polar surface area (TPSA) is 284 Å². The molecule has 0 aliphatic heterocycles. The predicted octanol–water partition coefficient (Wildman–Crippen LogP) is -0.0001000. The first kappa shape index (κ1) is 47.5. The van der Waals surface area contributed by atoms with Crippen molar-refractivity contribution in [1.29, 1.82) is 0 Å². The van der Waals surface area contributed by atoms with Crippen molar-refractivity contribution in [2.24, 2.45) is 22.4 Å². The van der Waals surface area contributed by atoms with Crippen LogP contribution in [0.2, 0.25) is 0 Å². The Hall–Kier alpha value is -2.50. The smallest absolute Gasteiger partial charge is 0.185 e. The second-order valence-electron chi connectivity index (χ2n) is 13.1. The first-order valence-electron chi connectivity index (χ1n) is 17.5. The van der Waals surface area contributed by atoms with Crippen molar-refractivity contribution in [3.05, 3.63) is 48.6 Å². The lowest BCUT2D eigenvalue weighted by Gasteiger charge is -2.19. The second-order valence-corrected chi connectivity index (χ2v) is 13.1. The highest BCUT2D eigenvalue weighted by molar-refractivity contribution is 5.81. The summed E-state index contributed by atoms with van der Waals surface area (Å²) < 4.78 is 0. The molecule has 14 nitrogen and oxygen atoms in total. The highest BCUT2D eigenvalue weighted by Gasteiger charge is 2.24. The van der Waals surface area contributed by atoms with Crippen LogP contribution >= 0.6 is 0 Å². The molecule has 290 valence electrons. The van der Waals surface area contributed by atoms with Crippen LogP contribution < -0.4 is 11.5 Å². The lowest BCUT2D eigenvalue weighted by molar-refractivity contribution is -0.127. The number of aliphatic imine (C=N–C) groups is 1. The molecule has 0 aliphatic carbocycles. The van der Waals surface area contributed by atoms with Gasteiger partial charge < -0.3 is 62.5 Å². The van der Waals surface area contributed by atoms with Gasteiger partial charge in [-0.2, -0.15) is 0 Å². The van der Waals surface area contributed by atoms with Crippen LogP contribution in [0.15, 0.2) is 53.6 Å². The van der Waals surface area contributed by atoms with Gasteiger partial charge in [-0.15, -0.1) is 0 Å². The predicted molar refractivity (Wildman–Crippen MR) is 193 cm³/mol. The zero-order valence-corrected chi connectivity index (χ0v) is 29.6. The summed E-state index contributed by atoms with van der Waals surface area (Å²) in [6.45, 7) is 3.80. The van der Waals surface area contributed by atoms with E-state index in [9.17, 15) is 55.9 Å². The van der Waals surface area contributed by atoms with Crippen LogP contribution in [0.5, 0.6) is 0 Å². The Morgan fingerprint density at radius 3 is 1.52 bits per heavy atom. The fraction of sp³-hybridized carbons (Fsp3) is 0.722. The molecular formula is C36H65N3O11. The molecule has 0 aromatic heterocycles. The Kier molecular flexibility index (Phi) is 26.7. The third kappa shape index (κ3) is 26.3. The third-order valence-electron chi connectivity index (χ3n) is 8.05. The summed E-state index contributed by atoms with van der Waals surface area (Å²) in [5.74, 6) is -0.965. The standard InChI is InChI=1S/C36H65N3O11/c1-3-4-16-34(49)24(2)35(50)23-33(48)22-30(45)14-7-13-29(44)21-32(47)20-28(43)12-6-11-26(41)18-25(40)9-5-10-27(42)19-31(46)15-8-17-39-36(37)38/h3-7,9,12,14,24-34,40-49H,8,10-11,13,15-23H2,1-2H3,(H4,37,38,39). The minimum Gasteiger partial charge on any atom is -0.393 e. The number of carbonyl (C=O) groups is 1. The molecule has 0 heterocycles. The maximum atomic E-state index is 12.3. The van der Waals surface area contributed by atoms with E-state index in [1.54, 1.807) is 25.2 Å². The molecule has 0 aromatic rings. The van der Waals surface area contributed by atoms with Crippen LogP contribution in [-0.2, 0) is 4.79 Å². The normalized spacial score (nSPS) is 19.3. The van der Waals surface area contributed by atoms with Crippen molar-refractivity contribution in [1.82, 2.24) is 0 Å². The maximum Gasteiger partial charge on any atom is 0.185 e. The average molecular weight is 716 g/mol. The van der Waals surface area contributed by atoms with Crippen LogP contribution in [-0.4, -0.2) is 130 Å². The van der Waals surface area contributed by atoms with Gasteiger partial charge in [0.2, 0.25) is 0 Å². The molecule has 14 heteroatoms. The van der Waals surface area contributed by atoms with Gasteiger partial charge in [0.15, 0.2) is 5.96 Å². The number of Topliss-reactive ketones (excluding diaryl/α,β-unsaturated/α-hetero) is 1. The van der Waals surface area contributed by atoms with Gasteiger partial charge in [-0.25, -0.2) is 0 Å². The SMILES string of the molecule is CC=CCC(O)C(C)C(=O)CC(O)CC(O)C=CCC(O)CC(O)CC(O)C=CCC(O)CC(O)C=CCC(O)CC(O)CCCN=C(N)N. The van der Waals surface area contributed by atoms with Crippen LogP contribution in [0.3, 0.4) is 0 Å². The van der Waals surface area contributed by atoms with Gasteiger partial charge in [-0.3, -0.25) is 9.79 Å². The summed E-state index contributed by atoms with van der Waals surface area (Å²) in [7, 11) is 0. The molecule has 0 aliphatic rings. The summed E-state index contributed by atoms with van der Waals surface area (Å²) >= 11 is 0. The number of guanidine groups is 1. The largest absolute Gasteiger partial charge is 0.393 e. The molecule has 14 N–H and O–H groups in total. The highest BCUT2D eigenvalue weighted by Crippen LogP contribution is 2.16. The van der Waals surface area contributed by atoms with E-state index < -0.39 is 67.0 Å². The van der Waals surface area contributed by atoms with Crippen LogP contribution in [0.4, 0.5) is 0 Å². The molecule has 0 amide bonds. The van der Waals surface area contributed by atoms with Crippen molar-refractivity contribution in [2.75, 3.05) is 6.54 Å². The lowest BCUT2D eigenvalue weighted by Crippen LogP contribution is -2.29. The summed E-state index contributed by atoms with van der Waals surface area (Å²) in [6, 6.07) is 0. The number of aliphatic hydroxyl groups excluding tert-OH is 10. The number of rotatable bonds is 29. The first-order chi connectivity index (χ1) is 23.5. The number of carbonyl (C=O) groups excluding carboxylic acids is 1. The van der Waals surface area contributed by atoms with Gasteiger partial charge in [0.05, 0.1) is 61.0 Å². The van der Waals surface area contributed by atoms with Gasteiger partial charge in [-0.1, -0.05) is 55.5 Å². The summed E-state index contributed by atoms with van der Waals surface area (Å²) in [5, 5.41) is 101. The summed E-state index contributed by atoms with van der Waals surface area (Å²) in [6.07, 6.45) is 4.62. The molecule has 0 rings (SSSR count). The summed E-state index contributed by atoms with van der Waals surface area (Å²) in [5.41, 5.74) is 10.5. The Morgan fingerprint density at radius 2 is 1.04 bits per heavy atom. The van der Waals surface area contributed by atoms with E-state index in [1.165, 1.54) is 30.4 Å². The molecule has 0 aromatic carbocycles. The molecular weight excluding hydrogens is 650 g/mol. The van der Waals surface area contributed by atoms with E-state index in [0.29, 0.717) is 25.8 Å². The Labute approximate surface area is 296 Å². The Bertz CT molecular complexity index is 1030.